The van der Waals surface area contributed by atoms with Crippen LogP contribution in [0.15, 0.2) is 47.4 Å². The van der Waals surface area contributed by atoms with Crippen LogP contribution in [0.2, 0.25) is 5.02 Å². The molecule has 0 unspecified atom stereocenters. The predicted octanol–water partition coefficient (Wildman–Crippen LogP) is 2.98. The maximum Gasteiger partial charge on any atom is 0.337 e. The molecule has 21 heavy (non-hydrogen) atoms. The van der Waals surface area contributed by atoms with Gasteiger partial charge in [-0.3, -0.25) is 4.72 Å². The number of hydrogen-bond donors (Lipinski definition) is 2. The Labute approximate surface area is 125 Å². The normalized spacial score (nSPS) is 11.1. The SMILES string of the molecule is O=C(O)c1ccccc1NS(=O)(=O)c1cc(F)ccc1Cl. The van der Waals surface area contributed by atoms with Gasteiger partial charge in [-0.2, -0.15) is 0 Å². The van der Waals surface area contributed by atoms with Crippen molar-refractivity contribution in [2.24, 2.45) is 0 Å². The van der Waals surface area contributed by atoms with Gasteiger partial charge in [0, 0.05) is 0 Å². The van der Waals surface area contributed by atoms with Crippen LogP contribution in [0.3, 0.4) is 0 Å². The summed E-state index contributed by atoms with van der Waals surface area (Å²) in [6.07, 6.45) is 0. The predicted molar refractivity (Wildman–Crippen MR) is 75.6 cm³/mol. The van der Waals surface area contributed by atoms with Gasteiger partial charge in [-0.05, 0) is 30.3 Å². The minimum Gasteiger partial charge on any atom is -0.478 e. The van der Waals surface area contributed by atoms with Crippen molar-refractivity contribution in [2.75, 3.05) is 4.72 Å². The summed E-state index contributed by atoms with van der Waals surface area (Å²) in [5.74, 6) is -2.06. The molecule has 0 fully saturated rings. The van der Waals surface area contributed by atoms with Gasteiger partial charge in [0.1, 0.15) is 10.7 Å². The Morgan fingerprint density at radius 2 is 1.86 bits per heavy atom. The Bertz CT molecular complexity index is 808. The maximum atomic E-state index is 13.2. The van der Waals surface area contributed by atoms with Gasteiger partial charge in [-0.1, -0.05) is 23.7 Å². The van der Waals surface area contributed by atoms with Crippen LogP contribution >= 0.6 is 11.6 Å². The Morgan fingerprint density at radius 1 is 1.19 bits per heavy atom. The monoisotopic (exact) mass is 329 g/mol. The van der Waals surface area contributed by atoms with Crippen LogP contribution in [0.1, 0.15) is 10.4 Å². The van der Waals surface area contributed by atoms with Crippen LogP contribution in [-0.4, -0.2) is 19.5 Å². The second kappa shape index (κ2) is 5.71. The maximum absolute atomic E-state index is 13.2. The summed E-state index contributed by atoms with van der Waals surface area (Å²) in [5.41, 5.74) is -0.362. The fourth-order valence-corrected chi connectivity index (χ4v) is 3.23. The molecule has 0 aliphatic rings. The molecule has 0 bridgehead atoms. The van der Waals surface area contributed by atoms with Gasteiger partial charge in [0.15, 0.2) is 0 Å². The highest BCUT2D eigenvalue weighted by atomic mass is 35.5. The van der Waals surface area contributed by atoms with Gasteiger partial charge < -0.3 is 5.11 Å². The lowest BCUT2D eigenvalue weighted by molar-refractivity contribution is 0.0698. The number of carboxylic acids is 1. The first kappa shape index (κ1) is 15.3. The van der Waals surface area contributed by atoms with E-state index >= 15 is 0 Å². The first-order chi connectivity index (χ1) is 9.81. The van der Waals surface area contributed by atoms with Crippen LogP contribution in [0.25, 0.3) is 0 Å². The largest absolute Gasteiger partial charge is 0.478 e. The Hall–Kier alpha value is -2.12. The van der Waals surface area contributed by atoms with Gasteiger partial charge in [0.2, 0.25) is 0 Å². The quantitative estimate of drug-likeness (QED) is 0.903. The molecule has 5 nitrogen and oxygen atoms in total. The molecule has 110 valence electrons. The van der Waals surface area contributed by atoms with Crippen molar-refractivity contribution in [2.45, 2.75) is 4.90 Å². The molecule has 2 aromatic rings. The molecule has 0 radical (unpaired) electrons. The number of carboxylic acid groups (broad SMARTS) is 1. The molecule has 0 heterocycles. The lowest BCUT2D eigenvalue weighted by Crippen LogP contribution is -2.16. The highest BCUT2D eigenvalue weighted by Gasteiger charge is 2.21. The summed E-state index contributed by atoms with van der Waals surface area (Å²) in [6.45, 7) is 0. The third-order valence-corrected chi connectivity index (χ3v) is 4.43. The summed E-state index contributed by atoms with van der Waals surface area (Å²) in [7, 11) is -4.21. The van der Waals surface area contributed by atoms with E-state index in [4.69, 9.17) is 16.7 Å². The molecular weight excluding hydrogens is 321 g/mol. The van der Waals surface area contributed by atoms with Crippen LogP contribution < -0.4 is 4.72 Å². The van der Waals surface area contributed by atoms with Gasteiger partial charge in [0.05, 0.1) is 16.3 Å². The van der Waals surface area contributed by atoms with E-state index in [-0.39, 0.29) is 16.3 Å². The number of carbonyl (C=O) groups is 1. The zero-order valence-corrected chi connectivity index (χ0v) is 12.0. The topological polar surface area (TPSA) is 83.5 Å². The fourth-order valence-electron chi connectivity index (χ4n) is 1.64. The number of aromatic carboxylic acids is 1. The van der Waals surface area contributed by atoms with Gasteiger partial charge in [-0.25, -0.2) is 17.6 Å². The average Bonchev–Trinajstić information content (AvgIpc) is 2.41. The minimum absolute atomic E-state index is 0.134. The number of halogens is 2. The number of benzene rings is 2. The Kier molecular flexibility index (Phi) is 4.15. The van der Waals surface area contributed by atoms with Crippen molar-refractivity contribution in [1.29, 1.82) is 0 Å². The van der Waals surface area contributed by atoms with Gasteiger partial charge in [-0.15, -0.1) is 0 Å². The van der Waals surface area contributed by atoms with Crippen molar-refractivity contribution in [3.63, 3.8) is 0 Å². The van der Waals surface area contributed by atoms with Crippen molar-refractivity contribution >= 4 is 33.3 Å². The molecule has 0 atom stereocenters. The first-order valence-corrected chi connectivity index (χ1v) is 7.47. The number of para-hydroxylation sites is 1. The van der Waals surface area contributed by atoms with E-state index in [0.29, 0.717) is 0 Å². The lowest BCUT2D eigenvalue weighted by Gasteiger charge is -2.11. The van der Waals surface area contributed by atoms with Crippen LogP contribution in [0, 0.1) is 5.82 Å². The Balaban J connectivity index is 2.48. The molecule has 2 rings (SSSR count). The number of anilines is 1. The van der Waals surface area contributed by atoms with E-state index in [2.05, 4.69) is 4.72 Å². The van der Waals surface area contributed by atoms with Crippen LogP contribution in [0.4, 0.5) is 10.1 Å². The van der Waals surface area contributed by atoms with Gasteiger partial charge in [0.25, 0.3) is 10.0 Å². The van der Waals surface area contributed by atoms with E-state index in [1.165, 1.54) is 24.3 Å². The van der Waals surface area contributed by atoms with Crippen molar-refractivity contribution < 1.29 is 22.7 Å². The molecule has 0 saturated heterocycles. The second-order valence-electron chi connectivity index (χ2n) is 4.03. The lowest BCUT2D eigenvalue weighted by atomic mass is 10.2. The smallest absolute Gasteiger partial charge is 0.337 e. The molecular formula is C13H9ClFNO4S. The van der Waals surface area contributed by atoms with E-state index in [1.807, 2.05) is 0 Å². The summed E-state index contributed by atoms with van der Waals surface area (Å²) >= 11 is 5.75. The minimum atomic E-state index is -4.21. The van der Waals surface area contributed by atoms with E-state index in [9.17, 15) is 17.6 Å². The number of hydrogen-bond acceptors (Lipinski definition) is 3. The first-order valence-electron chi connectivity index (χ1n) is 5.61. The molecule has 2 aromatic carbocycles. The molecule has 0 amide bonds. The summed E-state index contributed by atoms with van der Waals surface area (Å²) in [5, 5.41) is 8.84. The third-order valence-electron chi connectivity index (χ3n) is 2.58. The van der Waals surface area contributed by atoms with Crippen molar-refractivity contribution in [1.82, 2.24) is 0 Å². The number of sulfonamides is 1. The molecule has 2 N–H and O–H groups in total. The summed E-state index contributed by atoms with van der Waals surface area (Å²) < 4.78 is 39.7. The average molecular weight is 330 g/mol. The highest BCUT2D eigenvalue weighted by Crippen LogP contribution is 2.26. The summed E-state index contributed by atoms with van der Waals surface area (Å²) in [4.78, 5) is 10.6. The summed E-state index contributed by atoms with van der Waals surface area (Å²) in [6, 6.07) is 8.34. The van der Waals surface area contributed by atoms with Crippen molar-refractivity contribution in [3.05, 3.63) is 58.9 Å². The number of rotatable bonds is 4. The standard InChI is InChI=1S/C13H9ClFNO4S/c14-10-6-5-8(15)7-12(10)21(19,20)16-11-4-2-1-3-9(11)13(17)18/h1-7,16H,(H,17,18). The fraction of sp³-hybridized carbons (Fsp3) is 0. The zero-order valence-electron chi connectivity index (χ0n) is 10.4. The molecule has 0 aliphatic heterocycles. The van der Waals surface area contributed by atoms with E-state index in [0.717, 1.165) is 18.2 Å². The van der Waals surface area contributed by atoms with E-state index < -0.39 is 26.7 Å². The molecule has 0 aliphatic carbocycles. The molecule has 0 aromatic heterocycles. The number of nitrogens with one attached hydrogen (secondary N) is 1. The molecule has 8 heteroatoms. The zero-order chi connectivity index (χ0) is 15.6. The van der Waals surface area contributed by atoms with E-state index in [1.54, 1.807) is 0 Å². The van der Waals surface area contributed by atoms with Crippen molar-refractivity contribution in [3.8, 4) is 0 Å². The molecule has 0 spiro atoms. The molecule has 0 saturated carbocycles. The van der Waals surface area contributed by atoms with Gasteiger partial charge >= 0.3 is 5.97 Å². The third kappa shape index (κ3) is 3.32. The van der Waals surface area contributed by atoms with Crippen LogP contribution in [0.5, 0.6) is 0 Å². The second-order valence-corrected chi connectivity index (χ2v) is 6.09. The Morgan fingerprint density at radius 3 is 2.52 bits per heavy atom. The highest BCUT2D eigenvalue weighted by molar-refractivity contribution is 7.92. The van der Waals surface area contributed by atoms with Crippen LogP contribution in [-0.2, 0) is 10.0 Å².